The largest absolute Gasteiger partial charge is 0.494 e. The van der Waals surface area contributed by atoms with Crippen molar-refractivity contribution in [1.82, 2.24) is 19.4 Å². The lowest BCUT2D eigenvalue weighted by Gasteiger charge is -2.60. The van der Waals surface area contributed by atoms with Crippen LogP contribution in [0.4, 0.5) is 4.79 Å². The molecule has 34 heavy (non-hydrogen) atoms. The molecule has 1 saturated heterocycles. The smallest absolute Gasteiger partial charge is 0.334 e. The van der Waals surface area contributed by atoms with Crippen molar-refractivity contribution in [3.8, 4) is 5.88 Å². The molecule has 11 nitrogen and oxygen atoms in total. The number of urea groups is 1. The van der Waals surface area contributed by atoms with Crippen molar-refractivity contribution < 1.29 is 14.7 Å². The molecule has 0 bridgehead atoms. The van der Waals surface area contributed by atoms with Gasteiger partial charge in [0.1, 0.15) is 11.4 Å². The summed E-state index contributed by atoms with van der Waals surface area (Å²) in [5.74, 6) is -0.700. The molecule has 11 heteroatoms. The van der Waals surface area contributed by atoms with Gasteiger partial charge >= 0.3 is 11.7 Å². The highest BCUT2D eigenvalue weighted by Crippen LogP contribution is 2.59. The van der Waals surface area contributed by atoms with Crippen LogP contribution in [0.15, 0.2) is 14.6 Å². The second-order valence-electron chi connectivity index (χ2n) is 10.2. The van der Waals surface area contributed by atoms with E-state index in [-0.39, 0.29) is 41.3 Å². The summed E-state index contributed by atoms with van der Waals surface area (Å²) < 4.78 is 2.46. The van der Waals surface area contributed by atoms with Crippen LogP contribution >= 0.6 is 0 Å². The Kier molecular flexibility index (Phi) is 6.07. The fourth-order valence-corrected chi connectivity index (χ4v) is 6.13. The highest BCUT2D eigenvalue weighted by atomic mass is 16.3. The van der Waals surface area contributed by atoms with E-state index in [0.29, 0.717) is 25.7 Å². The van der Waals surface area contributed by atoms with Gasteiger partial charge in [-0.05, 0) is 50.4 Å². The van der Waals surface area contributed by atoms with Gasteiger partial charge in [-0.1, -0.05) is 13.3 Å². The van der Waals surface area contributed by atoms with Crippen LogP contribution in [0.5, 0.6) is 5.88 Å². The zero-order valence-electron chi connectivity index (χ0n) is 20.1. The molecule has 2 aliphatic carbocycles. The maximum absolute atomic E-state index is 13.3. The zero-order valence-corrected chi connectivity index (χ0v) is 20.1. The maximum atomic E-state index is 13.3. The van der Waals surface area contributed by atoms with Crippen molar-refractivity contribution in [1.29, 1.82) is 0 Å². The molecule has 3 fully saturated rings. The highest BCUT2D eigenvalue weighted by Gasteiger charge is 2.58. The molecule has 3 amide bonds. The van der Waals surface area contributed by atoms with Gasteiger partial charge in [0.2, 0.25) is 11.8 Å². The number of rotatable bonds is 5. The molecule has 0 atom stereocenters. The first kappa shape index (κ1) is 24.0. The third-order valence-electron chi connectivity index (χ3n) is 7.93. The maximum Gasteiger partial charge on any atom is 0.334 e. The Morgan fingerprint density at radius 2 is 1.85 bits per heavy atom. The second-order valence-corrected chi connectivity index (χ2v) is 10.2. The number of hydrogen-bond acceptors (Lipinski definition) is 6. The predicted octanol–water partition coefficient (Wildman–Crippen LogP) is 1.06. The van der Waals surface area contributed by atoms with E-state index in [2.05, 4.69) is 10.3 Å². The molecule has 4 rings (SSSR count). The normalized spacial score (nSPS) is 29.4. The summed E-state index contributed by atoms with van der Waals surface area (Å²) >= 11 is 0. The molecule has 1 aromatic rings. The van der Waals surface area contributed by atoms with Crippen molar-refractivity contribution in [3.05, 3.63) is 26.4 Å². The number of aromatic hydroxyl groups is 1. The Morgan fingerprint density at radius 1 is 1.21 bits per heavy atom. The van der Waals surface area contributed by atoms with Gasteiger partial charge in [0.05, 0.1) is 12.0 Å². The van der Waals surface area contributed by atoms with Gasteiger partial charge in [-0.2, -0.15) is 0 Å². The fourth-order valence-electron chi connectivity index (χ4n) is 6.13. The monoisotopic (exact) mass is 474 g/mol. The summed E-state index contributed by atoms with van der Waals surface area (Å²) in [5, 5.41) is 13.7. The van der Waals surface area contributed by atoms with Crippen LogP contribution < -0.4 is 22.3 Å². The van der Waals surface area contributed by atoms with Crippen LogP contribution in [-0.2, 0) is 11.3 Å². The summed E-state index contributed by atoms with van der Waals surface area (Å²) in [6.07, 6.45) is 6.06. The minimum Gasteiger partial charge on any atom is -0.494 e. The van der Waals surface area contributed by atoms with Gasteiger partial charge in [-0.3, -0.25) is 28.6 Å². The SMILES string of the molecule is CCCCn1c(O)c(C(N)=NC)c(=O)n(C2CCC3(CC2)CC2(CC(=O)N(C)C(=O)N2)C3)c1=O. The Bertz CT molecular complexity index is 1130. The van der Waals surface area contributed by atoms with E-state index in [1.54, 1.807) is 0 Å². The lowest BCUT2D eigenvalue weighted by atomic mass is 9.50. The van der Waals surface area contributed by atoms with Crippen molar-refractivity contribution in [3.63, 3.8) is 0 Å². The summed E-state index contributed by atoms with van der Waals surface area (Å²) in [7, 11) is 2.92. The quantitative estimate of drug-likeness (QED) is 0.429. The van der Waals surface area contributed by atoms with Crippen LogP contribution in [0.3, 0.4) is 0 Å². The summed E-state index contributed by atoms with van der Waals surface area (Å²) in [6.45, 7) is 2.26. The van der Waals surface area contributed by atoms with E-state index in [0.717, 1.165) is 37.0 Å². The first-order chi connectivity index (χ1) is 16.1. The number of nitrogens with zero attached hydrogens (tertiary/aromatic N) is 4. The lowest BCUT2D eigenvalue weighted by Crippen LogP contribution is -2.69. The fraction of sp³-hybridized carbons (Fsp3) is 0.696. The molecule has 1 aromatic heterocycles. The van der Waals surface area contributed by atoms with Crippen molar-refractivity contribution >= 4 is 17.8 Å². The van der Waals surface area contributed by atoms with Crippen LogP contribution in [-0.4, -0.2) is 56.5 Å². The topological polar surface area (TPSA) is 152 Å². The van der Waals surface area contributed by atoms with Gasteiger partial charge in [0.25, 0.3) is 5.56 Å². The number of carbonyl (C=O) groups excluding carboxylic acids is 2. The number of amides is 3. The zero-order chi connectivity index (χ0) is 24.8. The Hall–Kier alpha value is -3.11. The molecule has 0 aromatic carbocycles. The lowest BCUT2D eigenvalue weighted by molar-refractivity contribution is -0.136. The van der Waals surface area contributed by atoms with E-state index < -0.39 is 22.7 Å². The molecule has 2 saturated carbocycles. The van der Waals surface area contributed by atoms with Gasteiger partial charge in [0.15, 0.2) is 0 Å². The minimum absolute atomic E-state index is 0.00549. The highest BCUT2D eigenvalue weighted by molar-refractivity contribution is 5.99. The van der Waals surface area contributed by atoms with Gasteiger partial charge in [-0.15, -0.1) is 0 Å². The molecule has 4 N–H and O–H groups in total. The number of imide groups is 1. The van der Waals surface area contributed by atoms with E-state index in [1.165, 1.54) is 23.2 Å². The average Bonchev–Trinajstić information content (AvgIpc) is 2.77. The molecular formula is C23H34N6O5. The number of nitrogens with two attached hydrogens (primary N) is 1. The van der Waals surface area contributed by atoms with Crippen LogP contribution in [0.1, 0.15) is 76.3 Å². The standard InChI is InChI=1S/C23H34N6O5/c1-4-5-10-28-18(31)16(17(24)25-2)19(32)29(21(28)34)14-6-8-22(9-7-14)12-23(13-22)11-15(30)27(3)20(33)26-23/h14,31H,4-13H2,1-3H3,(H2,24,25)(H,26,33). The third-order valence-corrected chi connectivity index (χ3v) is 7.93. The van der Waals surface area contributed by atoms with Crippen LogP contribution in [0, 0.1) is 5.41 Å². The number of carbonyl (C=O) groups is 2. The van der Waals surface area contributed by atoms with Crippen molar-refractivity contribution in [2.75, 3.05) is 14.1 Å². The molecule has 2 heterocycles. The van der Waals surface area contributed by atoms with E-state index >= 15 is 0 Å². The molecule has 2 spiro atoms. The molecule has 186 valence electrons. The summed E-state index contributed by atoms with van der Waals surface area (Å²) in [4.78, 5) is 55.8. The number of amidine groups is 1. The molecular weight excluding hydrogens is 440 g/mol. The Morgan fingerprint density at radius 3 is 2.41 bits per heavy atom. The van der Waals surface area contributed by atoms with E-state index in [9.17, 15) is 24.3 Å². The Labute approximate surface area is 197 Å². The summed E-state index contributed by atoms with van der Waals surface area (Å²) in [6, 6.07) is -0.668. The molecule has 1 aliphatic heterocycles. The number of nitrogens with one attached hydrogen (secondary N) is 1. The number of unbranched alkanes of at least 4 members (excludes halogenated alkanes) is 1. The van der Waals surface area contributed by atoms with Gasteiger partial charge < -0.3 is 16.2 Å². The van der Waals surface area contributed by atoms with Crippen LogP contribution in [0.25, 0.3) is 0 Å². The van der Waals surface area contributed by atoms with E-state index in [1.807, 2.05) is 6.92 Å². The Balaban J connectivity index is 1.57. The van der Waals surface area contributed by atoms with Crippen molar-refractivity contribution in [2.45, 2.75) is 82.8 Å². The minimum atomic E-state index is -0.613. The van der Waals surface area contributed by atoms with Gasteiger partial charge in [-0.25, -0.2) is 9.59 Å². The van der Waals surface area contributed by atoms with Crippen molar-refractivity contribution in [2.24, 2.45) is 16.1 Å². The number of aliphatic imine (C=N–C) groups is 1. The predicted molar refractivity (Wildman–Crippen MR) is 126 cm³/mol. The number of hydrogen-bond donors (Lipinski definition) is 3. The van der Waals surface area contributed by atoms with E-state index in [4.69, 9.17) is 5.73 Å². The second kappa shape index (κ2) is 8.59. The third kappa shape index (κ3) is 3.80. The molecule has 3 aliphatic rings. The first-order valence-corrected chi connectivity index (χ1v) is 12.0. The van der Waals surface area contributed by atoms with Crippen LogP contribution in [0.2, 0.25) is 0 Å². The molecule has 0 unspecified atom stereocenters. The first-order valence-electron chi connectivity index (χ1n) is 12.0. The number of aromatic nitrogens is 2. The van der Waals surface area contributed by atoms with Gasteiger partial charge in [0, 0.05) is 26.7 Å². The summed E-state index contributed by atoms with van der Waals surface area (Å²) in [5.41, 5.74) is 4.17. The average molecular weight is 475 g/mol. The molecule has 0 radical (unpaired) electrons.